The standard InChI is InChI=1S/C20H35N5O8/c1-5-10(4)16(25-17(29)11(21)8-14(27)28)19(31)23-12(6-7-13(22)26)18(30)24-15(9(2)3)20(32)33/h9-12,15-16H,5-8,21H2,1-4H3,(H2,22,26)(H,23,31)(H,24,30)(H,25,29)(H,27,28)(H,32,33). The maximum Gasteiger partial charge on any atom is 0.326 e. The fourth-order valence-corrected chi connectivity index (χ4v) is 2.83. The van der Waals surface area contributed by atoms with Crippen LogP contribution in [0.4, 0.5) is 0 Å². The summed E-state index contributed by atoms with van der Waals surface area (Å²) >= 11 is 0. The molecule has 0 saturated carbocycles. The van der Waals surface area contributed by atoms with Crippen molar-refractivity contribution in [1.29, 1.82) is 0 Å². The quantitative estimate of drug-likeness (QED) is 0.143. The first-order valence-electron chi connectivity index (χ1n) is 10.6. The highest BCUT2D eigenvalue weighted by atomic mass is 16.4. The minimum atomic E-state index is -1.39. The van der Waals surface area contributed by atoms with E-state index >= 15 is 0 Å². The van der Waals surface area contributed by atoms with E-state index < -0.39 is 78.0 Å². The second kappa shape index (κ2) is 14.0. The number of carbonyl (C=O) groups is 6. The molecule has 0 spiro atoms. The van der Waals surface area contributed by atoms with E-state index in [0.29, 0.717) is 6.42 Å². The Morgan fingerprint density at radius 1 is 0.848 bits per heavy atom. The molecular weight excluding hydrogens is 438 g/mol. The highest BCUT2D eigenvalue weighted by Gasteiger charge is 2.33. The van der Waals surface area contributed by atoms with Crippen LogP contribution in [0.1, 0.15) is 53.4 Å². The lowest BCUT2D eigenvalue weighted by Crippen LogP contribution is -2.59. The predicted molar refractivity (Wildman–Crippen MR) is 116 cm³/mol. The van der Waals surface area contributed by atoms with Crippen LogP contribution in [0.25, 0.3) is 0 Å². The van der Waals surface area contributed by atoms with E-state index in [9.17, 15) is 33.9 Å². The van der Waals surface area contributed by atoms with E-state index in [4.69, 9.17) is 16.6 Å². The summed E-state index contributed by atoms with van der Waals surface area (Å²) in [6.45, 7) is 6.59. The van der Waals surface area contributed by atoms with Crippen molar-refractivity contribution in [2.45, 2.75) is 77.5 Å². The molecule has 0 aromatic rings. The molecule has 4 amide bonds. The number of carbonyl (C=O) groups excluding carboxylic acids is 4. The van der Waals surface area contributed by atoms with Gasteiger partial charge in [0, 0.05) is 6.42 Å². The van der Waals surface area contributed by atoms with Gasteiger partial charge in [0.2, 0.25) is 23.6 Å². The Hall–Kier alpha value is -3.22. The van der Waals surface area contributed by atoms with E-state index in [1.807, 2.05) is 0 Å². The predicted octanol–water partition coefficient (Wildman–Crippen LogP) is -1.70. The monoisotopic (exact) mass is 473 g/mol. The summed E-state index contributed by atoms with van der Waals surface area (Å²) in [7, 11) is 0. The van der Waals surface area contributed by atoms with Crippen LogP contribution in [-0.2, 0) is 28.8 Å². The van der Waals surface area contributed by atoms with Gasteiger partial charge in [0.25, 0.3) is 0 Å². The molecule has 0 saturated heterocycles. The van der Waals surface area contributed by atoms with Gasteiger partial charge in [0.15, 0.2) is 0 Å². The van der Waals surface area contributed by atoms with E-state index in [-0.39, 0.29) is 12.8 Å². The molecule has 33 heavy (non-hydrogen) atoms. The zero-order chi connectivity index (χ0) is 25.9. The van der Waals surface area contributed by atoms with Crippen LogP contribution in [0, 0.1) is 11.8 Å². The molecule has 13 heteroatoms. The molecule has 0 aliphatic carbocycles. The summed E-state index contributed by atoms with van der Waals surface area (Å²) in [6, 6.07) is -5.09. The second-order valence-electron chi connectivity index (χ2n) is 8.21. The number of carboxylic acids is 2. The van der Waals surface area contributed by atoms with Crippen LogP contribution in [0.15, 0.2) is 0 Å². The van der Waals surface area contributed by atoms with Crippen LogP contribution in [-0.4, -0.2) is 69.9 Å². The summed E-state index contributed by atoms with van der Waals surface area (Å²) in [5, 5.41) is 25.3. The number of nitrogens with one attached hydrogen (secondary N) is 3. The van der Waals surface area contributed by atoms with Crippen molar-refractivity contribution < 1.29 is 39.0 Å². The van der Waals surface area contributed by atoms with Gasteiger partial charge in [0.05, 0.1) is 12.5 Å². The molecule has 0 aromatic carbocycles. The molecule has 0 aliphatic rings. The first-order chi connectivity index (χ1) is 15.2. The lowest BCUT2D eigenvalue weighted by atomic mass is 9.96. The van der Waals surface area contributed by atoms with E-state index in [2.05, 4.69) is 16.0 Å². The average Bonchev–Trinajstić information content (AvgIpc) is 2.70. The molecule has 5 unspecified atom stereocenters. The van der Waals surface area contributed by atoms with Crippen LogP contribution in [0.5, 0.6) is 0 Å². The molecule has 0 aliphatic heterocycles. The van der Waals surface area contributed by atoms with Crippen LogP contribution in [0.3, 0.4) is 0 Å². The Balaban J connectivity index is 5.63. The fourth-order valence-electron chi connectivity index (χ4n) is 2.83. The molecule has 0 rings (SSSR count). The normalized spacial score (nSPS) is 15.5. The maximum atomic E-state index is 12.9. The molecule has 13 nitrogen and oxygen atoms in total. The Bertz CT molecular complexity index is 742. The van der Waals surface area contributed by atoms with Crippen LogP contribution >= 0.6 is 0 Å². The van der Waals surface area contributed by atoms with Gasteiger partial charge in [-0.05, 0) is 18.3 Å². The smallest absolute Gasteiger partial charge is 0.326 e. The third-order valence-electron chi connectivity index (χ3n) is 5.07. The molecule has 0 aromatic heterocycles. The Kier molecular flexibility index (Phi) is 12.7. The number of carboxylic acid groups (broad SMARTS) is 2. The molecule has 0 bridgehead atoms. The van der Waals surface area contributed by atoms with Gasteiger partial charge in [-0.15, -0.1) is 0 Å². The number of rotatable bonds is 15. The summed E-state index contributed by atoms with van der Waals surface area (Å²) in [4.78, 5) is 71.3. The van der Waals surface area contributed by atoms with E-state index in [1.165, 1.54) is 0 Å². The van der Waals surface area contributed by atoms with Gasteiger partial charge in [0.1, 0.15) is 18.1 Å². The molecule has 5 atom stereocenters. The molecule has 0 fully saturated rings. The van der Waals surface area contributed by atoms with Crippen molar-refractivity contribution >= 4 is 35.6 Å². The van der Waals surface area contributed by atoms with Crippen molar-refractivity contribution in [3.8, 4) is 0 Å². The summed E-state index contributed by atoms with van der Waals surface area (Å²) in [6.07, 6.45) is -0.659. The minimum absolute atomic E-state index is 0.197. The molecule has 9 N–H and O–H groups in total. The summed E-state index contributed by atoms with van der Waals surface area (Å²) < 4.78 is 0. The van der Waals surface area contributed by atoms with Gasteiger partial charge in [-0.25, -0.2) is 4.79 Å². The van der Waals surface area contributed by atoms with Gasteiger partial charge in [-0.2, -0.15) is 0 Å². The van der Waals surface area contributed by atoms with E-state index in [0.717, 1.165) is 0 Å². The third kappa shape index (κ3) is 10.8. The SMILES string of the molecule is CCC(C)C(NC(=O)C(N)CC(=O)O)C(=O)NC(CCC(N)=O)C(=O)NC(C(=O)O)C(C)C. The lowest BCUT2D eigenvalue weighted by Gasteiger charge is -2.28. The first kappa shape index (κ1) is 29.8. The fraction of sp³-hybridized carbons (Fsp3) is 0.700. The number of hydrogen-bond acceptors (Lipinski definition) is 7. The van der Waals surface area contributed by atoms with Gasteiger partial charge in [-0.3, -0.25) is 24.0 Å². The number of amides is 4. The largest absolute Gasteiger partial charge is 0.481 e. The van der Waals surface area contributed by atoms with Gasteiger partial charge >= 0.3 is 11.9 Å². The van der Waals surface area contributed by atoms with Gasteiger partial charge < -0.3 is 37.6 Å². The van der Waals surface area contributed by atoms with Crippen LogP contribution < -0.4 is 27.4 Å². The van der Waals surface area contributed by atoms with E-state index in [1.54, 1.807) is 27.7 Å². The average molecular weight is 474 g/mol. The highest BCUT2D eigenvalue weighted by Crippen LogP contribution is 2.11. The molecule has 0 heterocycles. The lowest BCUT2D eigenvalue weighted by molar-refractivity contribution is -0.143. The number of aliphatic carboxylic acids is 2. The number of nitrogens with two attached hydrogens (primary N) is 2. The molecular formula is C20H35N5O8. The highest BCUT2D eigenvalue weighted by molar-refractivity contribution is 5.95. The Labute approximate surface area is 192 Å². The topological polar surface area (TPSA) is 231 Å². The van der Waals surface area contributed by atoms with Crippen molar-refractivity contribution in [2.24, 2.45) is 23.3 Å². The van der Waals surface area contributed by atoms with Crippen molar-refractivity contribution in [2.75, 3.05) is 0 Å². The summed E-state index contributed by atoms with van der Waals surface area (Å²) in [5.41, 5.74) is 10.7. The Morgan fingerprint density at radius 3 is 1.82 bits per heavy atom. The van der Waals surface area contributed by atoms with Crippen molar-refractivity contribution in [1.82, 2.24) is 16.0 Å². The minimum Gasteiger partial charge on any atom is -0.481 e. The van der Waals surface area contributed by atoms with Crippen molar-refractivity contribution in [3.05, 3.63) is 0 Å². The number of hydrogen-bond donors (Lipinski definition) is 7. The van der Waals surface area contributed by atoms with Crippen LogP contribution in [0.2, 0.25) is 0 Å². The number of primary amides is 1. The Morgan fingerprint density at radius 2 is 1.39 bits per heavy atom. The maximum absolute atomic E-state index is 12.9. The summed E-state index contributed by atoms with van der Waals surface area (Å²) in [5.74, 6) is -6.63. The third-order valence-corrected chi connectivity index (χ3v) is 5.07. The second-order valence-corrected chi connectivity index (χ2v) is 8.21. The van der Waals surface area contributed by atoms with Crippen molar-refractivity contribution in [3.63, 3.8) is 0 Å². The first-order valence-corrected chi connectivity index (χ1v) is 10.6. The zero-order valence-corrected chi connectivity index (χ0v) is 19.3. The molecule has 188 valence electrons. The zero-order valence-electron chi connectivity index (χ0n) is 19.3. The van der Waals surface area contributed by atoms with Gasteiger partial charge in [-0.1, -0.05) is 34.1 Å². The molecule has 0 radical (unpaired) electrons.